The van der Waals surface area contributed by atoms with Crippen LogP contribution in [0.25, 0.3) is 0 Å². The van der Waals surface area contributed by atoms with E-state index in [1.54, 1.807) is 0 Å². The Hall–Kier alpha value is -0.0900. The van der Waals surface area contributed by atoms with Crippen molar-refractivity contribution < 1.29 is 5.11 Å². The van der Waals surface area contributed by atoms with E-state index < -0.39 is 6.10 Å². The summed E-state index contributed by atoms with van der Waals surface area (Å²) in [5.74, 6) is 0.877. The first-order valence-corrected chi connectivity index (χ1v) is 8.97. The number of hydrogen-bond donors (Lipinski definition) is 1. The van der Waals surface area contributed by atoms with Gasteiger partial charge in [-0.25, -0.2) is 0 Å². The molecule has 1 atom stereocenters. The maximum absolute atomic E-state index is 10.4. The molecule has 0 amide bonds. The molecule has 1 aromatic carbocycles. The van der Waals surface area contributed by atoms with E-state index in [0.717, 1.165) is 28.9 Å². The zero-order chi connectivity index (χ0) is 15.4. The van der Waals surface area contributed by atoms with Gasteiger partial charge in [0, 0.05) is 22.1 Å². The number of aliphatic hydroxyl groups is 1. The van der Waals surface area contributed by atoms with E-state index in [1.807, 2.05) is 18.2 Å². The zero-order valence-electron chi connectivity index (χ0n) is 12.9. The second-order valence-electron chi connectivity index (χ2n) is 6.36. The average molecular weight is 375 g/mol. The van der Waals surface area contributed by atoms with Gasteiger partial charge < -0.3 is 10.0 Å². The molecule has 2 rings (SSSR count). The van der Waals surface area contributed by atoms with Crippen LogP contribution in [0, 0.1) is 5.92 Å². The minimum atomic E-state index is -0.490. The fourth-order valence-electron chi connectivity index (χ4n) is 3.12. The van der Waals surface area contributed by atoms with Gasteiger partial charge in [0.25, 0.3) is 0 Å². The van der Waals surface area contributed by atoms with Crippen LogP contribution in [0.3, 0.4) is 0 Å². The van der Waals surface area contributed by atoms with Crippen LogP contribution in [-0.2, 0) is 0 Å². The first-order chi connectivity index (χ1) is 9.97. The molecule has 2 nitrogen and oxygen atoms in total. The summed E-state index contributed by atoms with van der Waals surface area (Å²) in [6.07, 6.45) is 5.46. The van der Waals surface area contributed by atoms with Crippen LogP contribution in [0.4, 0.5) is 0 Å². The van der Waals surface area contributed by atoms with Gasteiger partial charge in [-0.05, 0) is 62.8 Å². The van der Waals surface area contributed by atoms with Crippen molar-refractivity contribution in [3.63, 3.8) is 0 Å². The summed E-state index contributed by atoms with van der Waals surface area (Å²) in [6.45, 7) is 3.25. The summed E-state index contributed by atoms with van der Waals surface area (Å²) >= 11 is 9.59. The highest BCUT2D eigenvalue weighted by Crippen LogP contribution is 2.30. The number of nitrogens with zero attached hydrogens (tertiary/aromatic N) is 1. The number of benzene rings is 1. The van der Waals surface area contributed by atoms with Crippen molar-refractivity contribution in [3.8, 4) is 0 Å². The van der Waals surface area contributed by atoms with Crippen LogP contribution in [0.1, 0.15) is 50.7 Å². The van der Waals surface area contributed by atoms with Gasteiger partial charge in [-0.3, -0.25) is 0 Å². The summed E-state index contributed by atoms with van der Waals surface area (Å²) < 4.78 is 0.942. The quantitative estimate of drug-likeness (QED) is 0.780. The van der Waals surface area contributed by atoms with Crippen molar-refractivity contribution in [1.29, 1.82) is 0 Å². The largest absolute Gasteiger partial charge is 0.388 e. The summed E-state index contributed by atoms with van der Waals surface area (Å²) in [6, 6.07) is 6.34. The summed E-state index contributed by atoms with van der Waals surface area (Å²) in [4.78, 5) is 2.40. The fourth-order valence-corrected chi connectivity index (χ4v) is 3.92. The number of rotatable bonds is 5. The average Bonchev–Trinajstić information content (AvgIpc) is 2.45. The van der Waals surface area contributed by atoms with Crippen LogP contribution in [-0.4, -0.2) is 29.6 Å². The van der Waals surface area contributed by atoms with Crippen molar-refractivity contribution in [2.45, 2.75) is 51.2 Å². The minimum absolute atomic E-state index is 0.490. The zero-order valence-corrected chi connectivity index (χ0v) is 15.2. The molecule has 0 radical (unpaired) electrons. The lowest BCUT2D eigenvalue weighted by molar-refractivity contribution is 0.119. The van der Waals surface area contributed by atoms with Crippen molar-refractivity contribution in [3.05, 3.63) is 33.3 Å². The molecule has 0 saturated heterocycles. The third kappa shape index (κ3) is 4.95. The third-order valence-electron chi connectivity index (χ3n) is 4.69. The first kappa shape index (κ1) is 17.3. The smallest absolute Gasteiger partial charge is 0.0816 e. The molecule has 1 unspecified atom stereocenters. The van der Waals surface area contributed by atoms with E-state index in [0.29, 0.717) is 11.1 Å². The minimum Gasteiger partial charge on any atom is -0.388 e. The van der Waals surface area contributed by atoms with Gasteiger partial charge in [-0.2, -0.15) is 0 Å². The summed E-state index contributed by atoms with van der Waals surface area (Å²) in [7, 11) is 2.18. The molecule has 0 bridgehead atoms. The van der Waals surface area contributed by atoms with Gasteiger partial charge in [0.15, 0.2) is 0 Å². The van der Waals surface area contributed by atoms with E-state index in [1.165, 1.54) is 25.7 Å². The molecule has 118 valence electrons. The highest BCUT2D eigenvalue weighted by Gasteiger charge is 2.22. The highest BCUT2D eigenvalue weighted by atomic mass is 79.9. The topological polar surface area (TPSA) is 23.5 Å². The highest BCUT2D eigenvalue weighted by molar-refractivity contribution is 9.10. The Kier molecular flexibility index (Phi) is 6.54. The Morgan fingerprint density at radius 3 is 2.62 bits per heavy atom. The van der Waals surface area contributed by atoms with E-state index in [9.17, 15) is 5.11 Å². The Labute approximate surface area is 141 Å². The Bertz CT molecular complexity index is 460. The van der Waals surface area contributed by atoms with Gasteiger partial charge >= 0.3 is 0 Å². The molecule has 1 N–H and O–H groups in total. The van der Waals surface area contributed by atoms with Gasteiger partial charge in [0.2, 0.25) is 0 Å². The van der Waals surface area contributed by atoms with Crippen LogP contribution in [0.15, 0.2) is 22.7 Å². The van der Waals surface area contributed by atoms with Crippen LogP contribution >= 0.6 is 27.5 Å². The molecule has 1 aliphatic rings. The van der Waals surface area contributed by atoms with E-state index >= 15 is 0 Å². The lowest BCUT2D eigenvalue weighted by Crippen LogP contribution is -2.36. The maximum Gasteiger partial charge on any atom is 0.0816 e. The molecule has 1 saturated carbocycles. The third-order valence-corrected chi connectivity index (χ3v) is 5.51. The lowest BCUT2D eigenvalue weighted by Gasteiger charge is -2.34. The van der Waals surface area contributed by atoms with Crippen molar-refractivity contribution in [2.75, 3.05) is 13.6 Å². The molecule has 0 spiro atoms. The Balaban J connectivity index is 1.84. The van der Waals surface area contributed by atoms with Gasteiger partial charge in [-0.1, -0.05) is 40.5 Å². The summed E-state index contributed by atoms with van der Waals surface area (Å²) in [5.41, 5.74) is 0.825. The number of halogens is 2. The van der Waals surface area contributed by atoms with E-state index in [2.05, 4.69) is 34.8 Å². The summed E-state index contributed by atoms with van der Waals surface area (Å²) in [5, 5.41) is 11.0. The molecule has 0 heterocycles. The molecule has 0 aromatic heterocycles. The van der Waals surface area contributed by atoms with Crippen LogP contribution < -0.4 is 0 Å². The Morgan fingerprint density at radius 2 is 2.00 bits per heavy atom. The maximum atomic E-state index is 10.4. The van der Waals surface area contributed by atoms with Crippen molar-refractivity contribution in [2.24, 2.45) is 5.92 Å². The molecule has 1 aromatic rings. The predicted molar refractivity (Wildman–Crippen MR) is 92.8 cm³/mol. The van der Waals surface area contributed by atoms with Gasteiger partial charge in [0.1, 0.15) is 0 Å². The normalized spacial score (nSPS) is 24.3. The standard InChI is InChI=1S/C17H25BrClNO/c1-12-3-6-14(7-4-12)20(2)10-9-17(21)15-8-5-13(18)11-16(15)19/h5,8,11-12,14,17,21H,3-4,6-7,9-10H2,1-2H3. The number of aliphatic hydroxyl groups excluding tert-OH is 1. The van der Waals surface area contributed by atoms with Crippen molar-refractivity contribution in [1.82, 2.24) is 4.90 Å². The van der Waals surface area contributed by atoms with Gasteiger partial charge in [-0.15, -0.1) is 0 Å². The molecule has 1 fully saturated rings. The van der Waals surface area contributed by atoms with Crippen molar-refractivity contribution >= 4 is 27.5 Å². The lowest BCUT2D eigenvalue weighted by atomic mass is 9.86. The van der Waals surface area contributed by atoms with E-state index in [-0.39, 0.29) is 0 Å². The molecule has 0 aliphatic heterocycles. The fraction of sp³-hybridized carbons (Fsp3) is 0.647. The molecular formula is C17H25BrClNO. The molecule has 1 aliphatic carbocycles. The second kappa shape index (κ2) is 7.96. The molecule has 4 heteroatoms. The SMILES string of the molecule is CC1CCC(N(C)CCC(O)c2ccc(Br)cc2Cl)CC1. The monoisotopic (exact) mass is 373 g/mol. The molecular weight excluding hydrogens is 350 g/mol. The predicted octanol–water partition coefficient (Wildman–Crippen LogP) is 5.04. The Morgan fingerprint density at radius 1 is 1.33 bits per heavy atom. The van der Waals surface area contributed by atoms with Crippen LogP contribution in [0.2, 0.25) is 5.02 Å². The number of hydrogen-bond acceptors (Lipinski definition) is 2. The van der Waals surface area contributed by atoms with Crippen LogP contribution in [0.5, 0.6) is 0 Å². The second-order valence-corrected chi connectivity index (χ2v) is 7.69. The van der Waals surface area contributed by atoms with Gasteiger partial charge in [0.05, 0.1) is 6.10 Å². The van der Waals surface area contributed by atoms with E-state index in [4.69, 9.17) is 11.6 Å². The molecule has 21 heavy (non-hydrogen) atoms. The first-order valence-electron chi connectivity index (χ1n) is 7.80.